The average molecular weight is 355 g/mol. The Morgan fingerprint density at radius 3 is 2.79 bits per heavy atom. The lowest BCUT2D eigenvalue weighted by atomic mass is 9.97. The summed E-state index contributed by atoms with van der Waals surface area (Å²) in [7, 11) is 1.68. The Hall–Kier alpha value is -1.63. The second-order valence-corrected chi connectivity index (χ2v) is 6.01. The maximum atomic E-state index is 12.5. The van der Waals surface area contributed by atoms with Crippen molar-refractivity contribution < 1.29 is 19.1 Å². The van der Waals surface area contributed by atoms with E-state index in [0.29, 0.717) is 24.8 Å². The fraction of sp³-hybridized carbons (Fsp3) is 0.529. The lowest BCUT2D eigenvalue weighted by Gasteiger charge is -2.38. The molecule has 1 N–H and O–H groups in total. The van der Waals surface area contributed by atoms with Crippen LogP contribution in [0.5, 0.6) is 0 Å². The van der Waals surface area contributed by atoms with Gasteiger partial charge in [-0.05, 0) is 31.0 Å². The molecule has 7 heteroatoms. The van der Waals surface area contributed by atoms with Crippen LogP contribution >= 0.6 is 11.6 Å². The van der Waals surface area contributed by atoms with Gasteiger partial charge in [-0.15, -0.1) is 0 Å². The molecule has 0 saturated carbocycles. The minimum absolute atomic E-state index is 0.0996. The van der Waals surface area contributed by atoms with E-state index in [-0.39, 0.29) is 18.4 Å². The fourth-order valence-corrected chi connectivity index (χ4v) is 2.75. The third-order valence-electron chi connectivity index (χ3n) is 3.92. The number of hydrogen-bond acceptors (Lipinski definition) is 4. The summed E-state index contributed by atoms with van der Waals surface area (Å²) in [6.45, 7) is 3.59. The first-order valence-electron chi connectivity index (χ1n) is 8.02. The van der Waals surface area contributed by atoms with Crippen molar-refractivity contribution in [3.05, 3.63) is 34.9 Å². The molecule has 2 amide bonds. The van der Waals surface area contributed by atoms with Gasteiger partial charge in [-0.3, -0.25) is 9.59 Å². The van der Waals surface area contributed by atoms with Gasteiger partial charge in [-0.1, -0.05) is 23.7 Å². The van der Waals surface area contributed by atoms with E-state index >= 15 is 0 Å². The number of hydrogen-bond donors (Lipinski definition) is 1. The van der Waals surface area contributed by atoms with Crippen molar-refractivity contribution in [2.45, 2.75) is 25.5 Å². The van der Waals surface area contributed by atoms with E-state index in [4.69, 9.17) is 21.1 Å². The van der Waals surface area contributed by atoms with E-state index in [1.807, 2.05) is 6.92 Å². The topological polar surface area (TPSA) is 67.9 Å². The summed E-state index contributed by atoms with van der Waals surface area (Å²) in [4.78, 5) is 26.0. The van der Waals surface area contributed by atoms with Gasteiger partial charge in [0, 0.05) is 31.8 Å². The molecular formula is C17H23ClN2O4. The highest BCUT2D eigenvalue weighted by atomic mass is 35.5. The number of likely N-dealkylation sites (N-methyl/N-ethyl adjacent to an activating group) is 1. The molecular weight excluding hydrogens is 332 g/mol. The molecule has 0 spiro atoms. The van der Waals surface area contributed by atoms with Crippen LogP contribution in [0.2, 0.25) is 5.02 Å². The Morgan fingerprint density at radius 2 is 2.12 bits per heavy atom. The number of nitrogens with one attached hydrogen (secondary N) is 1. The van der Waals surface area contributed by atoms with Crippen molar-refractivity contribution in [3.8, 4) is 0 Å². The van der Waals surface area contributed by atoms with Crippen molar-refractivity contribution in [1.82, 2.24) is 10.2 Å². The van der Waals surface area contributed by atoms with Gasteiger partial charge >= 0.3 is 0 Å². The number of carbonyl (C=O) groups excluding carboxylic acids is 2. The van der Waals surface area contributed by atoms with Gasteiger partial charge in [0.1, 0.15) is 6.61 Å². The minimum Gasteiger partial charge on any atom is -0.382 e. The van der Waals surface area contributed by atoms with Crippen LogP contribution in [0.4, 0.5) is 0 Å². The molecule has 0 aromatic heterocycles. The molecule has 1 heterocycles. The Labute approximate surface area is 147 Å². The molecule has 0 unspecified atom stereocenters. The molecule has 1 aliphatic heterocycles. The third kappa shape index (κ3) is 4.69. The number of morpholine rings is 1. The van der Waals surface area contributed by atoms with Crippen molar-refractivity contribution >= 4 is 23.4 Å². The smallest absolute Gasteiger partial charge is 0.251 e. The van der Waals surface area contributed by atoms with Crippen LogP contribution in [0, 0.1) is 0 Å². The second-order valence-electron chi connectivity index (χ2n) is 5.57. The van der Waals surface area contributed by atoms with Gasteiger partial charge in [0.25, 0.3) is 5.91 Å². The Kier molecular flexibility index (Phi) is 7.02. The van der Waals surface area contributed by atoms with E-state index in [9.17, 15) is 9.59 Å². The summed E-state index contributed by atoms with van der Waals surface area (Å²) < 4.78 is 10.8. The van der Waals surface area contributed by atoms with E-state index < -0.39 is 12.1 Å². The van der Waals surface area contributed by atoms with Gasteiger partial charge < -0.3 is 19.7 Å². The number of benzene rings is 1. The van der Waals surface area contributed by atoms with Gasteiger partial charge in [0.2, 0.25) is 5.91 Å². The highest BCUT2D eigenvalue weighted by Gasteiger charge is 2.39. The average Bonchev–Trinajstić information content (AvgIpc) is 2.58. The first-order chi connectivity index (χ1) is 11.5. The molecule has 2 atom stereocenters. The van der Waals surface area contributed by atoms with Crippen LogP contribution in [-0.4, -0.2) is 56.2 Å². The zero-order chi connectivity index (χ0) is 17.5. The number of rotatable bonds is 7. The number of amides is 2. The highest BCUT2D eigenvalue weighted by molar-refractivity contribution is 6.30. The maximum absolute atomic E-state index is 12.5. The van der Waals surface area contributed by atoms with E-state index in [1.54, 1.807) is 36.2 Å². The van der Waals surface area contributed by atoms with Crippen LogP contribution < -0.4 is 5.32 Å². The van der Waals surface area contributed by atoms with Crippen LogP contribution in [-0.2, 0) is 19.1 Å². The largest absolute Gasteiger partial charge is 0.382 e. The number of halogens is 1. The third-order valence-corrected chi connectivity index (χ3v) is 4.17. The summed E-state index contributed by atoms with van der Waals surface area (Å²) in [6.07, 6.45) is -0.0203. The van der Waals surface area contributed by atoms with Crippen molar-refractivity contribution in [2.24, 2.45) is 0 Å². The normalized spacial score (nSPS) is 21.0. The molecule has 1 fully saturated rings. The van der Waals surface area contributed by atoms with Gasteiger partial charge in [-0.25, -0.2) is 0 Å². The molecule has 24 heavy (non-hydrogen) atoms. The molecule has 1 aromatic carbocycles. The van der Waals surface area contributed by atoms with Crippen molar-refractivity contribution in [3.63, 3.8) is 0 Å². The predicted octanol–water partition coefficient (Wildman–Crippen LogP) is 1.78. The van der Waals surface area contributed by atoms with Crippen LogP contribution in [0.3, 0.4) is 0 Å². The molecule has 0 bridgehead atoms. The lowest BCUT2D eigenvalue weighted by molar-refractivity contribution is -0.162. The van der Waals surface area contributed by atoms with Crippen molar-refractivity contribution in [1.29, 1.82) is 0 Å². The summed E-state index contributed by atoms with van der Waals surface area (Å²) in [5.74, 6) is -0.388. The summed E-state index contributed by atoms with van der Waals surface area (Å²) in [5, 5.41) is 3.45. The number of carbonyl (C=O) groups is 2. The Morgan fingerprint density at radius 1 is 1.42 bits per heavy atom. The first kappa shape index (κ1) is 18.7. The number of nitrogens with zero attached hydrogens (tertiary/aromatic N) is 1. The minimum atomic E-state index is -0.749. The molecule has 0 aliphatic carbocycles. The monoisotopic (exact) mass is 354 g/mol. The summed E-state index contributed by atoms with van der Waals surface area (Å²) in [5.41, 5.74) is 0.810. The van der Waals surface area contributed by atoms with Crippen LogP contribution in [0.25, 0.3) is 0 Å². The summed E-state index contributed by atoms with van der Waals surface area (Å²) in [6, 6.07) is 6.61. The van der Waals surface area contributed by atoms with Gasteiger partial charge in [0.15, 0.2) is 6.10 Å². The Balaban J connectivity index is 2.06. The standard InChI is InChI=1S/C17H23ClN2O4/c1-3-23-10-4-9-19-17(22)16-15(20(2)14(21)11-24-16)12-5-7-13(18)8-6-12/h5-8,15-16H,3-4,9-11H2,1-2H3,(H,19,22)/t15-,16+/m1/s1. The quantitative estimate of drug-likeness (QED) is 0.758. The van der Waals surface area contributed by atoms with Crippen molar-refractivity contribution in [2.75, 3.05) is 33.4 Å². The Bertz CT molecular complexity index is 564. The van der Waals surface area contributed by atoms with Crippen LogP contribution in [0.1, 0.15) is 24.9 Å². The number of ether oxygens (including phenoxy) is 2. The second kappa shape index (κ2) is 9.01. The lowest BCUT2D eigenvalue weighted by Crippen LogP contribution is -2.53. The maximum Gasteiger partial charge on any atom is 0.251 e. The molecule has 1 saturated heterocycles. The zero-order valence-electron chi connectivity index (χ0n) is 14.0. The fourth-order valence-electron chi connectivity index (χ4n) is 2.62. The van der Waals surface area contributed by atoms with Gasteiger partial charge in [0.05, 0.1) is 6.04 Å². The molecule has 0 radical (unpaired) electrons. The molecule has 132 valence electrons. The first-order valence-corrected chi connectivity index (χ1v) is 8.40. The molecule has 2 rings (SSSR count). The molecule has 1 aromatic rings. The van der Waals surface area contributed by atoms with E-state index in [0.717, 1.165) is 12.0 Å². The van der Waals surface area contributed by atoms with Gasteiger partial charge in [-0.2, -0.15) is 0 Å². The molecule has 1 aliphatic rings. The zero-order valence-corrected chi connectivity index (χ0v) is 14.7. The summed E-state index contributed by atoms with van der Waals surface area (Å²) >= 11 is 5.92. The predicted molar refractivity (Wildman–Crippen MR) is 90.8 cm³/mol. The SMILES string of the molecule is CCOCCCNC(=O)[C@H]1OCC(=O)N(C)[C@@H]1c1ccc(Cl)cc1. The van der Waals surface area contributed by atoms with Crippen LogP contribution in [0.15, 0.2) is 24.3 Å². The van der Waals surface area contributed by atoms with E-state index in [2.05, 4.69) is 5.32 Å². The van der Waals surface area contributed by atoms with E-state index in [1.165, 1.54) is 0 Å². The molecule has 6 nitrogen and oxygen atoms in total. The highest BCUT2D eigenvalue weighted by Crippen LogP contribution is 2.30.